The van der Waals surface area contributed by atoms with Gasteiger partial charge in [-0.2, -0.15) is 0 Å². The van der Waals surface area contributed by atoms with Crippen molar-refractivity contribution in [3.05, 3.63) is 0 Å². The van der Waals surface area contributed by atoms with Gasteiger partial charge in [-0.05, 0) is 43.4 Å². The maximum atomic E-state index is 13.0. The van der Waals surface area contributed by atoms with Gasteiger partial charge < -0.3 is 33.8 Å². The van der Waals surface area contributed by atoms with Crippen LogP contribution in [0.5, 0.6) is 0 Å². The fourth-order valence-corrected chi connectivity index (χ4v) is 12.1. The van der Waals surface area contributed by atoms with Gasteiger partial charge in [0, 0.05) is 25.7 Å². The second kappa shape index (κ2) is 61.0. The van der Waals surface area contributed by atoms with Gasteiger partial charge in [-0.15, -0.1) is 0 Å². The molecule has 0 saturated heterocycles. The molecule has 0 radical (unpaired) electrons. The Balaban J connectivity index is 5.25. The highest BCUT2D eigenvalue weighted by Crippen LogP contribution is 2.45. The molecular formula is C70H136O17P2. The lowest BCUT2D eigenvalue weighted by Crippen LogP contribution is -2.30. The van der Waals surface area contributed by atoms with Crippen LogP contribution in [0, 0.1) is 17.8 Å². The van der Waals surface area contributed by atoms with E-state index in [-0.39, 0.29) is 25.7 Å². The SMILES string of the molecule is CCCCCCCCCCCCCCCCC(=O)OC[C@H](COP(=O)(O)OC[C@@H](O)COP(=O)(O)OC[C@@H](COC(=O)CCCCCCCCC(C)C)OC(=O)CCCCCCCCCCC(C)CC)OC(=O)CCCCCCCCCCCCCC(C)C. The highest BCUT2D eigenvalue weighted by molar-refractivity contribution is 7.47. The van der Waals surface area contributed by atoms with Crippen molar-refractivity contribution in [3.63, 3.8) is 0 Å². The number of unbranched alkanes of at least 4 members (excludes halogenated alkanes) is 35. The fourth-order valence-electron chi connectivity index (χ4n) is 10.5. The Bertz CT molecular complexity index is 1750. The third-order valence-electron chi connectivity index (χ3n) is 16.5. The number of carbonyl (C=O) groups is 4. The first-order valence-electron chi connectivity index (χ1n) is 36.4. The molecule has 0 aliphatic carbocycles. The lowest BCUT2D eigenvalue weighted by atomic mass is 9.99. The van der Waals surface area contributed by atoms with Crippen LogP contribution in [-0.4, -0.2) is 96.7 Å². The van der Waals surface area contributed by atoms with E-state index < -0.39 is 97.5 Å². The maximum Gasteiger partial charge on any atom is 0.472 e. The molecule has 0 heterocycles. The van der Waals surface area contributed by atoms with E-state index in [1.54, 1.807) is 0 Å². The molecule has 0 aliphatic rings. The van der Waals surface area contributed by atoms with Gasteiger partial charge in [-0.25, -0.2) is 9.13 Å². The van der Waals surface area contributed by atoms with E-state index in [0.717, 1.165) is 108 Å². The van der Waals surface area contributed by atoms with Crippen LogP contribution in [0.2, 0.25) is 0 Å². The number of hydrogen-bond donors (Lipinski definition) is 3. The number of aliphatic hydroxyl groups excluding tert-OH is 1. The van der Waals surface area contributed by atoms with E-state index in [1.807, 2.05) is 0 Å². The number of aliphatic hydroxyl groups is 1. The Hall–Kier alpha value is -1.94. The Morgan fingerprint density at radius 2 is 0.573 bits per heavy atom. The van der Waals surface area contributed by atoms with Gasteiger partial charge in [0.15, 0.2) is 12.2 Å². The van der Waals surface area contributed by atoms with Gasteiger partial charge >= 0.3 is 39.5 Å². The minimum Gasteiger partial charge on any atom is -0.462 e. The quantitative estimate of drug-likeness (QED) is 0.0222. The number of esters is 4. The third kappa shape index (κ3) is 63.2. The molecule has 0 aromatic carbocycles. The lowest BCUT2D eigenvalue weighted by molar-refractivity contribution is -0.161. The molecule has 0 aliphatic heterocycles. The van der Waals surface area contributed by atoms with E-state index in [0.29, 0.717) is 31.6 Å². The molecule has 3 N–H and O–H groups in total. The summed E-state index contributed by atoms with van der Waals surface area (Å²) in [5.41, 5.74) is 0. The van der Waals surface area contributed by atoms with Crippen molar-refractivity contribution >= 4 is 39.5 Å². The Labute approximate surface area is 543 Å². The van der Waals surface area contributed by atoms with Crippen molar-refractivity contribution in [3.8, 4) is 0 Å². The molecule has 0 aromatic rings. The summed E-state index contributed by atoms with van der Waals surface area (Å²) in [5, 5.41) is 10.6. The second-order valence-corrected chi connectivity index (χ2v) is 29.4. The van der Waals surface area contributed by atoms with Gasteiger partial charge in [0.05, 0.1) is 26.4 Å². The van der Waals surface area contributed by atoms with Gasteiger partial charge in [0.2, 0.25) is 0 Å². The van der Waals surface area contributed by atoms with Gasteiger partial charge in [-0.3, -0.25) is 37.3 Å². The monoisotopic (exact) mass is 1310 g/mol. The summed E-state index contributed by atoms with van der Waals surface area (Å²) in [7, 11) is -9.90. The first-order valence-corrected chi connectivity index (χ1v) is 39.4. The highest BCUT2D eigenvalue weighted by Gasteiger charge is 2.30. The number of rotatable bonds is 68. The average Bonchev–Trinajstić information content (AvgIpc) is 3.70. The van der Waals surface area contributed by atoms with Crippen molar-refractivity contribution in [2.75, 3.05) is 39.6 Å². The Kier molecular flexibility index (Phi) is 59.6. The van der Waals surface area contributed by atoms with Crippen LogP contribution >= 0.6 is 15.6 Å². The van der Waals surface area contributed by atoms with Gasteiger partial charge in [0.1, 0.15) is 19.3 Å². The zero-order valence-corrected chi connectivity index (χ0v) is 59.7. The standard InChI is InChI=1S/C70H136O17P2/c1-8-10-11-12-13-14-15-16-17-20-23-29-37-44-51-67(72)80-57-65(86-69(74)53-46-39-30-24-21-18-19-22-27-34-41-48-61(3)4)59-84-88(76,77)82-55-64(71)56-83-89(78,79)85-60-66(58-81-68(73)52-45-38-33-32-35-42-49-62(5)6)87-70(75)54-47-40-31-26-25-28-36-43-50-63(7)9-2/h61-66,71H,8-60H2,1-7H3,(H,76,77)(H,78,79)/t63?,64-,65-,66-/m1/s1. The molecule has 3 unspecified atom stereocenters. The van der Waals surface area contributed by atoms with Crippen LogP contribution in [0.25, 0.3) is 0 Å². The zero-order chi connectivity index (χ0) is 65.9. The third-order valence-corrected chi connectivity index (χ3v) is 18.4. The molecule has 0 spiro atoms. The van der Waals surface area contributed by atoms with E-state index >= 15 is 0 Å². The normalized spacial score (nSPS) is 14.5. The summed E-state index contributed by atoms with van der Waals surface area (Å²) in [4.78, 5) is 72.5. The summed E-state index contributed by atoms with van der Waals surface area (Å²) in [6.07, 6.45) is 44.5. The Morgan fingerprint density at radius 1 is 0.326 bits per heavy atom. The van der Waals surface area contributed by atoms with Crippen molar-refractivity contribution in [1.29, 1.82) is 0 Å². The first-order chi connectivity index (χ1) is 42.8. The largest absolute Gasteiger partial charge is 0.472 e. The van der Waals surface area contributed by atoms with Crippen LogP contribution in [-0.2, 0) is 65.4 Å². The number of phosphoric ester groups is 2. The van der Waals surface area contributed by atoms with E-state index in [2.05, 4.69) is 48.5 Å². The summed E-state index contributed by atoms with van der Waals surface area (Å²) < 4.78 is 68.3. The molecule has 0 fully saturated rings. The van der Waals surface area contributed by atoms with Crippen LogP contribution in [0.1, 0.15) is 350 Å². The van der Waals surface area contributed by atoms with E-state index in [1.165, 1.54) is 154 Å². The Morgan fingerprint density at radius 3 is 0.854 bits per heavy atom. The minimum absolute atomic E-state index is 0.104. The molecule has 0 aromatic heterocycles. The van der Waals surface area contributed by atoms with E-state index in [4.69, 9.17) is 37.0 Å². The van der Waals surface area contributed by atoms with Gasteiger partial charge in [-0.1, -0.05) is 299 Å². The van der Waals surface area contributed by atoms with E-state index in [9.17, 15) is 43.2 Å². The number of carbonyl (C=O) groups excluding carboxylic acids is 4. The molecule has 0 rings (SSSR count). The molecular weight excluding hydrogens is 1170 g/mol. The average molecular weight is 1310 g/mol. The molecule has 0 saturated carbocycles. The molecule has 0 bridgehead atoms. The summed E-state index contributed by atoms with van der Waals surface area (Å²) >= 11 is 0. The number of ether oxygens (including phenoxy) is 4. The molecule has 89 heavy (non-hydrogen) atoms. The highest BCUT2D eigenvalue weighted by atomic mass is 31.2. The molecule has 528 valence electrons. The summed E-state index contributed by atoms with van der Waals surface area (Å²) in [6, 6.07) is 0. The summed E-state index contributed by atoms with van der Waals surface area (Å²) in [5.74, 6) is 0.0857. The first kappa shape index (κ1) is 87.1. The minimum atomic E-state index is -4.95. The molecule has 0 amide bonds. The molecule has 17 nitrogen and oxygen atoms in total. The van der Waals surface area contributed by atoms with Crippen molar-refractivity contribution in [2.24, 2.45) is 17.8 Å². The summed E-state index contributed by atoms with van der Waals surface area (Å²) in [6.45, 7) is 11.8. The van der Waals surface area contributed by atoms with Crippen molar-refractivity contribution in [1.82, 2.24) is 0 Å². The predicted molar refractivity (Wildman–Crippen MR) is 358 cm³/mol. The topological polar surface area (TPSA) is 237 Å². The predicted octanol–water partition coefficient (Wildman–Crippen LogP) is 19.8. The lowest BCUT2D eigenvalue weighted by Gasteiger charge is -2.21. The number of hydrogen-bond acceptors (Lipinski definition) is 15. The smallest absolute Gasteiger partial charge is 0.462 e. The maximum absolute atomic E-state index is 13.0. The van der Waals surface area contributed by atoms with Crippen molar-refractivity contribution in [2.45, 2.75) is 369 Å². The molecule has 19 heteroatoms. The zero-order valence-electron chi connectivity index (χ0n) is 57.9. The van der Waals surface area contributed by atoms with Gasteiger partial charge in [0.25, 0.3) is 0 Å². The van der Waals surface area contributed by atoms with Crippen LogP contribution in [0.3, 0.4) is 0 Å². The van der Waals surface area contributed by atoms with Crippen LogP contribution in [0.15, 0.2) is 0 Å². The number of phosphoric acid groups is 2. The second-order valence-electron chi connectivity index (χ2n) is 26.5. The van der Waals surface area contributed by atoms with Crippen LogP contribution < -0.4 is 0 Å². The van der Waals surface area contributed by atoms with Crippen molar-refractivity contribution < 1.29 is 80.2 Å². The molecule has 6 atom stereocenters. The fraction of sp³-hybridized carbons (Fsp3) is 0.943. The van der Waals surface area contributed by atoms with Crippen LogP contribution in [0.4, 0.5) is 0 Å².